The van der Waals surface area contributed by atoms with Crippen LogP contribution in [-0.2, 0) is 4.79 Å². The lowest BCUT2D eigenvalue weighted by molar-refractivity contribution is -0.114. The van der Waals surface area contributed by atoms with Gasteiger partial charge in [0.25, 0.3) is 5.91 Å². The van der Waals surface area contributed by atoms with Crippen LogP contribution in [0.4, 0.5) is 5.69 Å². The molecule has 0 bridgehead atoms. The Labute approximate surface area is 105 Å². The highest BCUT2D eigenvalue weighted by molar-refractivity contribution is 6.28. The lowest BCUT2D eigenvalue weighted by Crippen LogP contribution is -2.22. The predicted molar refractivity (Wildman–Crippen MR) is 72.3 cm³/mol. The van der Waals surface area contributed by atoms with Crippen LogP contribution >= 0.6 is 0 Å². The molecule has 0 fully saturated rings. The van der Waals surface area contributed by atoms with Gasteiger partial charge in [0, 0.05) is 17.5 Å². The minimum Gasteiger partial charge on any atom is -0.366 e. The molecule has 0 spiro atoms. The molecule has 90 valence electrons. The molecular weight excluding hydrogens is 226 g/mol. The van der Waals surface area contributed by atoms with Crippen LogP contribution in [0.3, 0.4) is 0 Å². The van der Waals surface area contributed by atoms with Crippen molar-refractivity contribution in [3.63, 3.8) is 0 Å². The summed E-state index contributed by atoms with van der Waals surface area (Å²) < 4.78 is 0. The van der Waals surface area contributed by atoms with E-state index in [1.54, 1.807) is 24.4 Å². The van der Waals surface area contributed by atoms with E-state index >= 15 is 0 Å². The van der Waals surface area contributed by atoms with Gasteiger partial charge in [-0.15, -0.1) is 0 Å². The van der Waals surface area contributed by atoms with Crippen molar-refractivity contribution in [3.8, 4) is 0 Å². The summed E-state index contributed by atoms with van der Waals surface area (Å²) in [6, 6.07) is 9.58. The number of hydrogen-bond acceptors (Lipinski definition) is 3. The highest BCUT2D eigenvalue weighted by Gasteiger charge is 2.16. The summed E-state index contributed by atoms with van der Waals surface area (Å²) in [6.07, 6.45) is 6.69. The van der Waals surface area contributed by atoms with Crippen molar-refractivity contribution < 1.29 is 4.79 Å². The molecule has 1 aliphatic carbocycles. The number of amides is 1. The van der Waals surface area contributed by atoms with E-state index in [2.05, 4.69) is 5.32 Å². The summed E-state index contributed by atoms with van der Waals surface area (Å²) in [5, 5.41) is 10.9. The first-order valence-corrected chi connectivity index (χ1v) is 5.47. The van der Waals surface area contributed by atoms with E-state index in [1.807, 2.05) is 30.3 Å². The zero-order valence-electron chi connectivity index (χ0n) is 9.68. The summed E-state index contributed by atoms with van der Waals surface area (Å²) in [5.74, 6) is -0.588. The number of primary amides is 1. The Morgan fingerprint density at radius 3 is 2.67 bits per heavy atom. The lowest BCUT2D eigenvalue weighted by atomic mass is 9.98. The number of para-hydroxylation sites is 1. The van der Waals surface area contributed by atoms with Crippen LogP contribution in [0, 0.1) is 5.41 Å². The topological polar surface area (TPSA) is 79.0 Å². The second-order valence-corrected chi connectivity index (χ2v) is 3.79. The molecule has 0 saturated heterocycles. The molecule has 2 rings (SSSR count). The fraction of sp³-hybridized carbons (Fsp3) is 0. The first-order valence-electron chi connectivity index (χ1n) is 5.47. The molecular formula is C14H13N3O. The number of carbonyl (C=O) groups is 1. The summed E-state index contributed by atoms with van der Waals surface area (Å²) in [4.78, 5) is 11.1. The Morgan fingerprint density at radius 2 is 2.00 bits per heavy atom. The van der Waals surface area contributed by atoms with Gasteiger partial charge < -0.3 is 11.1 Å². The van der Waals surface area contributed by atoms with Gasteiger partial charge in [0.05, 0.1) is 11.3 Å². The average Bonchev–Trinajstić information content (AvgIpc) is 2.38. The third kappa shape index (κ3) is 2.55. The molecule has 0 unspecified atom stereocenters. The third-order valence-electron chi connectivity index (χ3n) is 2.53. The molecule has 0 radical (unpaired) electrons. The number of carbonyl (C=O) groups excluding carboxylic acids is 1. The van der Waals surface area contributed by atoms with E-state index in [-0.39, 0.29) is 11.3 Å². The van der Waals surface area contributed by atoms with Crippen molar-refractivity contribution in [2.45, 2.75) is 0 Å². The minimum atomic E-state index is -0.588. The van der Waals surface area contributed by atoms with Gasteiger partial charge in [-0.05, 0) is 18.2 Å². The first kappa shape index (κ1) is 11.9. The number of allylic oxidation sites excluding steroid dienone is 4. The Bertz CT molecular complexity index is 568. The molecule has 4 heteroatoms. The van der Waals surface area contributed by atoms with Crippen LogP contribution in [0.25, 0.3) is 0 Å². The van der Waals surface area contributed by atoms with Gasteiger partial charge in [-0.2, -0.15) is 0 Å². The third-order valence-corrected chi connectivity index (χ3v) is 2.53. The van der Waals surface area contributed by atoms with Crippen LogP contribution < -0.4 is 11.1 Å². The predicted octanol–water partition coefficient (Wildman–Crippen LogP) is 1.98. The van der Waals surface area contributed by atoms with Gasteiger partial charge in [0.1, 0.15) is 0 Å². The van der Waals surface area contributed by atoms with E-state index in [0.717, 1.165) is 5.69 Å². The maximum absolute atomic E-state index is 11.1. The largest absolute Gasteiger partial charge is 0.366 e. The molecule has 0 aromatic heterocycles. The zero-order chi connectivity index (χ0) is 13.0. The molecule has 0 saturated carbocycles. The van der Waals surface area contributed by atoms with Crippen LogP contribution in [0.2, 0.25) is 0 Å². The molecule has 0 aliphatic heterocycles. The van der Waals surface area contributed by atoms with E-state index in [4.69, 9.17) is 11.1 Å². The van der Waals surface area contributed by atoms with E-state index in [0.29, 0.717) is 5.57 Å². The van der Waals surface area contributed by atoms with Crippen molar-refractivity contribution >= 4 is 17.3 Å². The quantitative estimate of drug-likeness (QED) is 0.754. The first-order chi connectivity index (χ1) is 8.68. The normalized spacial score (nSPS) is 16.6. The fourth-order valence-electron chi connectivity index (χ4n) is 1.59. The van der Waals surface area contributed by atoms with Crippen molar-refractivity contribution in [2.24, 2.45) is 5.73 Å². The second-order valence-electron chi connectivity index (χ2n) is 3.79. The Morgan fingerprint density at radius 1 is 1.28 bits per heavy atom. The van der Waals surface area contributed by atoms with Crippen molar-refractivity contribution in [3.05, 3.63) is 65.9 Å². The molecule has 4 N–H and O–H groups in total. The van der Waals surface area contributed by atoms with Crippen molar-refractivity contribution in [2.75, 3.05) is 5.32 Å². The standard InChI is InChI=1S/C14H13N3O/c15-13-10(5-4-8-12(13)14(16)18)9-17-11-6-2-1-3-7-11/h1-9,15,17H,(H2,16,18)/b10-9-,15-13?. The number of anilines is 1. The average molecular weight is 239 g/mol. The van der Waals surface area contributed by atoms with Gasteiger partial charge in [-0.25, -0.2) is 0 Å². The molecule has 1 aromatic carbocycles. The molecule has 0 heterocycles. The monoisotopic (exact) mass is 239 g/mol. The molecule has 1 amide bonds. The fourth-order valence-corrected chi connectivity index (χ4v) is 1.59. The van der Waals surface area contributed by atoms with E-state index in [9.17, 15) is 4.79 Å². The van der Waals surface area contributed by atoms with Gasteiger partial charge in [0.2, 0.25) is 0 Å². The highest BCUT2D eigenvalue weighted by atomic mass is 16.1. The van der Waals surface area contributed by atoms with Crippen molar-refractivity contribution in [1.29, 1.82) is 5.41 Å². The van der Waals surface area contributed by atoms with Gasteiger partial charge in [0.15, 0.2) is 0 Å². The zero-order valence-corrected chi connectivity index (χ0v) is 9.68. The highest BCUT2D eigenvalue weighted by Crippen LogP contribution is 2.15. The maximum Gasteiger partial charge on any atom is 0.250 e. The lowest BCUT2D eigenvalue weighted by Gasteiger charge is -2.11. The van der Waals surface area contributed by atoms with E-state index < -0.39 is 5.91 Å². The Balaban J connectivity index is 2.16. The molecule has 18 heavy (non-hydrogen) atoms. The summed E-state index contributed by atoms with van der Waals surface area (Å²) in [7, 11) is 0. The van der Waals surface area contributed by atoms with Crippen molar-refractivity contribution in [1.82, 2.24) is 0 Å². The molecule has 1 aliphatic rings. The molecule has 1 aromatic rings. The summed E-state index contributed by atoms with van der Waals surface area (Å²) in [5.41, 5.74) is 7.09. The van der Waals surface area contributed by atoms with Crippen LogP contribution in [0.5, 0.6) is 0 Å². The summed E-state index contributed by atoms with van der Waals surface area (Å²) >= 11 is 0. The van der Waals surface area contributed by atoms with Crippen LogP contribution in [0.15, 0.2) is 65.9 Å². The van der Waals surface area contributed by atoms with Crippen LogP contribution in [0.1, 0.15) is 0 Å². The number of hydrogen-bond donors (Lipinski definition) is 3. The maximum atomic E-state index is 11.1. The number of benzene rings is 1. The Kier molecular flexibility index (Phi) is 3.38. The smallest absolute Gasteiger partial charge is 0.250 e. The number of rotatable bonds is 3. The van der Waals surface area contributed by atoms with Gasteiger partial charge in [-0.1, -0.05) is 30.4 Å². The number of nitrogens with one attached hydrogen (secondary N) is 2. The van der Waals surface area contributed by atoms with Gasteiger partial charge >= 0.3 is 0 Å². The minimum absolute atomic E-state index is 0.133. The SMILES string of the molecule is N=C1C(C(N)=O)=CC=C/C1=C/Nc1ccccc1. The molecule has 0 atom stereocenters. The summed E-state index contributed by atoms with van der Waals surface area (Å²) in [6.45, 7) is 0. The number of nitrogens with two attached hydrogens (primary N) is 1. The van der Waals surface area contributed by atoms with Crippen LogP contribution in [-0.4, -0.2) is 11.6 Å². The van der Waals surface area contributed by atoms with E-state index in [1.165, 1.54) is 0 Å². The Hall–Kier alpha value is -2.62. The second kappa shape index (κ2) is 5.14. The molecule has 4 nitrogen and oxygen atoms in total. The van der Waals surface area contributed by atoms with Gasteiger partial charge in [-0.3, -0.25) is 10.2 Å².